The van der Waals surface area contributed by atoms with Gasteiger partial charge in [-0.05, 0) is 31.0 Å². The van der Waals surface area contributed by atoms with Crippen molar-refractivity contribution in [2.45, 2.75) is 19.3 Å². The molecule has 0 unspecified atom stereocenters. The van der Waals surface area contributed by atoms with Crippen molar-refractivity contribution in [1.29, 1.82) is 0 Å². The van der Waals surface area contributed by atoms with Crippen molar-refractivity contribution in [1.82, 2.24) is 0 Å². The average Bonchev–Trinajstić information content (AvgIpc) is 2.17. The van der Waals surface area contributed by atoms with E-state index in [0.29, 0.717) is 5.56 Å². The van der Waals surface area contributed by atoms with Crippen LogP contribution >= 0.6 is 11.6 Å². The zero-order valence-electron chi connectivity index (χ0n) is 8.36. The molecule has 80 valence electrons. The molecule has 0 bridgehead atoms. The van der Waals surface area contributed by atoms with Crippen LogP contribution in [0.4, 0.5) is 5.69 Å². The summed E-state index contributed by atoms with van der Waals surface area (Å²) in [5, 5.41) is 10.00. The lowest BCUT2D eigenvalue weighted by atomic mass is 9.86. The van der Waals surface area contributed by atoms with Crippen molar-refractivity contribution in [3.63, 3.8) is 0 Å². The average molecular weight is 228 g/mol. The predicted octanol–water partition coefficient (Wildman–Crippen LogP) is 2.64. The summed E-state index contributed by atoms with van der Waals surface area (Å²) in [5.41, 5.74) is -0.414. The number of carbonyl (C=O) groups is 1. The van der Waals surface area contributed by atoms with Gasteiger partial charge in [0.1, 0.15) is 0 Å². The Hall–Kier alpha value is -1.42. The van der Waals surface area contributed by atoms with Gasteiger partial charge in [-0.3, -0.25) is 14.9 Å². The van der Waals surface area contributed by atoms with E-state index in [1.807, 2.05) is 0 Å². The molecule has 0 fully saturated rings. The summed E-state index contributed by atoms with van der Waals surface area (Å²) in [6.07, 6.45) is 0. The third-order valence-electron chi connectivity index (χ3n) is 2.27. The van der Waals surface area contributed by atoms with Crippen LogP contribution in [0.3, 0.4) is 0 Å². The second-order valence-corrected chi connectivity index (χ2v) is 4.05. The number of hydrogen-bond donors (Lipinski definition) is 0. The molecule has 15 heavy (non-hydrogen) atoms. The summed E-state index contributed by atoms with van der Waals surface area (Å²) in [6.45, 7) is 3.25. The lowest BCUT2D eigenvalue weighted by molar-refractivity contribution is -0.384. The fraction of sp³-hybridized carbons (Fsp3) is 0.300. The van der Waals surface area contributed by atoms with Gasteiger partial charge in [-0.1, -0.05) is 12.1 Å². The Morgan fingerprint density at radius 2 is 2.07 bits per heavy atom. The minimum Gasteiger partial charge on any atom is -0.280 e. The molecule has 0 aliphatic rings. The van der Waals surface area contributed by atoms with E-state index in [1.165, 1.54) is 18.2 Å². The first-order valence-corrected chi connectivity index (χ1v) is 4.68. The molecule has 0 aromatic heterocycles. The molecule has 0 atom stereocenters. The second-order valence-electron chi connectivity index (χ2n) is 3.71. The van der Waals surface area contributed by atoms with Crippen LogP contribution in [-0.4, -0.2) is 10.2 Å². The Kier molecular flexibility index (Phi) is 3.09. The van der Waals surface area contributed by atoms with E-state index in [-0.39, 0.29) is 5.69 Å². The molecule has 0 saturated carbocycles. The zero-order chi connectivity index (χ0) is 11.6. The Morgan fingerprint density at radius 1 is 1.47 bits per heavy atom. The van der Waals surface area contributed by atoms with Crippen molar-refractivity contribution >= 4 is 22.5 Å². The highest BCUT2D eigenvalue weighted by atomic mass is 35.5. The number of halogens is 1. The van der Waals surface area contributed by atoms with Gasteiger partial charge in [0.05, 0.1) is 10.3 Å². The molecular weight excluding hydrogens is 218 g/mol. The molecule has 0 radical (unpaired) electrons. The molecular formula is C10H10ClNO3. The Morgan fingerprint density at radius 3 is 2.53 bits per heavy atom. The van der Waals surface area contributed by atoms with E-state index in [9.17, 15) is 14.9 Å². The lowest BCUT2D eigenvalue weighted by Gasteiger charge is -2.19. The Balaban J connectivity index is 3.21. The highest BCUT2D eigenvalue weighted by Crippen LogP contribution is 2.28. The van der Waals surface area contributed by atoms with Crippen molar-refractivity contribution in [3.8, 4) is 0 Å². The van der Waals surface area contributed by atoms with Crippen LogP contribution < -0.4 is 0 Å². The summed E-state index contributed by atoms with van der Waals surface area (Å²) in [4.78, 5) is 21.2. The third-order valence-corrected chi connectivity index (χ3v) is 2.74. The van der Waals surface area contributed by atoms with E-state index in [1.54, 1.807) is 19.9 Å². The monoisotopic (exact) mass is 227 g/mol. The largest absolute Gasteiger partial charge is 0.280 e. The highest BCUT2D eigenvalue weighted by molar-refractivity contribution is 6.65. The Bertz CT molecular complexity index is 415. The van der Waals surface area contributed by atoms with Gasteiger partial charge in [-0.15, -0.1) is 0 Å². The minimum absolute atomic E-state index is 0.0431. The van der Waals surface area contributed by atoms with Gasteiger partial charge in [-0.2, -0.15) is 0 Å². The maximum Gasteiger partial charge on any atom is 0.269 e. The summed E-state index contributed by atoms with van der Waals surface area (Å²) in [5.74, 6) is 0. The molecule has 1 rings (SSSR count). The molecule has 5 heteroatoms. The highest BCUT2D eigenvalue weighted by Gasteiger charge is 2.29. The lowest BCUT2D eigenvalue weighted by Crippen LogP contribution is -2.24. The quantitative estimate of drug-likeness (QED) is 0.453. The topological polar surface area (TPSA) is 60.2 Å². The summed E-state index contributed by atoms with van der Waals surface area (Å²) < 4.78 is 0. The van der Waals surface area contributed by atoms with E-state index < -0.39 is 15.6 Å². The number of benzene rings is 1. The maximum absolute atomic E-state index is 11.1. The van der Waals surface area contributed by atoms with Crippen molar-refractivity contribution in [2.75, 3.05) is 0 Å². The molecule has 1 aromatic carbocycles. The Labute approximate surface area is 92.0 Å². The van der Waals surface area contributed by atoms with Crippen molar-refractivity contribution in [3.05, 3.63) is 39.9 Å². The van der Waals surface area contributed by atoms with Gasteiger partial charge < -0.3 is 0 Å². The van der Waals surface area contributed by atoms with Crippen LogP contribution in [0.1, 0.15) is 19.4 Å². The molecule has 0 aliphatic heterocycles. The SMILES string of the molecule is CC(C)(C(=O)Cl)c1cccc([N+](=O)[O-])c1. The van der Waals surface area contributed by atoms with Crippen LogP contribution in [0.25, 0.3) is 0 Å². The fourth-order valence-electron chi connectivity index (χ4n) is 1.12. The number of rotatable bonds is 3. The first-order valence-electron chi connectivity index (χ1n) is 4.30. The van der Waals surface area contributed by atoms with Gasteiger partial charge in [0.15, 0.2) is 0 Å². The predicted molar refractivity (Wildman–Crippen MR) is 57.0 cm³/mol. The van der Waals surface area contributed by atoms with Gasteiger partial charge in [-0.25, -0.2) is 0 Å². The van der Waals surface area contributed by atoms with Crippen molar-refractivity contribution in [2.24, 2.45) is 0 Å². The summed E-state index contributed by atoms with van der Waals surface area (Å²) >= 11 is 5.43. The van der Waals surface area contributed by atoms with Gasteiger partial charge in [0.25, 0.3) is 5.69 Å². The van der Waals surface area contributed by atoms with Gasteiger partial charge in [0.2, 0.25) is 5.24 Å². The van der Waals surface area contributed by atoms with Crippen molar-refractivity contribution < 1.29 is 9.72 Å². The van der Waals surface area contributed by atoms with Crippen LogP contribution in [0, 0.1) is 10.1 Å². The van der Waals surface area contributed by atoms with E-state index in [4.69, 9.17) is 11.6 Å². The third kappa shape index (κ3) is 2.33. The zero-order valence-corrected chi connectivity index (χ0v) is 9.12. The number of nitro groups is 1. The van der Waals surface area contributed by atoms with Crippen LogP contribution in [-0.2, 0) is 10.2 Å². The van der Waals surface area contributed by atoms with Crippen LogP contribution in [0.2, 0.25) is 0 Å². The van der Waals surface area contributed by atoms with Crippen LogP contribution in [0.5, 0.6) is 0 Å². The molecule has 0 saturated heterocycles. The number of non-ortho nitro benzene ring substituents is 1. The van der Waals surface area contributed by atoms with E-state index in [2.05, 4.69) is 0 Å². The normalized spacial score (nSPS) is 11.1. The summed E-state index contributed by atoms with van der Waals surface area (Å²) in [7, 11) is 0. The number of carbonyl (C=O) groups excluding carboxylic acids is 1. The first-order chi connectivity index (χ1) is 6.85. The molecule has 0 heterocycles. The molecule has 0 amide bonds. The number of nitro benzene ring substituents is 1. The second kappa shape index (κ2) is 3.98. The maximum atomic E-state index is 11.1. The summed E-state index contributed by atoms with van der Waals surface area (Å²) in [6, 6.07) is 5.92. The smallest absolute Gasteiger partial charge is 0.269 e. The molecule has 4 nitrogen and oxygen atoms in total. The molecule has 0 N–H and O–H groups in total. The van der Waals surface area contributed by atoms with E-state index in [0.717, 1.165) is 0 Å². The fourth-order valence-corrected chi connectivity index (χ4v) is 1.23. The first kappa shape index (κ1) is 11.7. The molecule has 0 aliphatic carbocycles. The number of nitrogens with zero attached hydrogens (tertiary/aromatic N) is 1. The number of hydrogen-bond acceptors (Lipinski definition) is 3. The molecule has 0 spiro atoms. The van der Waals surface area contributed by atoms with Crippen LogP contribution in [0.15, 0.2) is 24.3 Å². The van der Waals surface area contributed by atoms with Gasteiger partial charge in [0, 0.05) is 12.1 Å². The van der Waals surface area contributed by atoms with Gasteiger partial charge >= 0.3 is 0 Å². The van der Waals surface area contributed by atoms with E-state index >= 15 is 0 Å². The standard InChI is InChI=1S/C10H10ClNO3/c1-10(2,9(11)13)7-4-3-5-8(6-7)12(14)15/h3-6H,1-2H3. The minimum atomic E-state index is -0.909. The molecule has 1 aromatic rings.